The molecule has 5 heteroatoms. The molecule has 5 heavy (non-hydrogen) atoms. The summed E-state index contributed by atoms with van der Waals surface area (Å²) in [4.78, 5) is 0. The first kappa shape index (κ1) is 133. The standard InChI is InChI=1S/Mn.3O.Pt/q+2;3*-2;+4. The van der Waals surface area contributed by atoms with Crippen molar-refractivity contribution in [2.45, 2.75) is 0 Å². The Morgan fingerprint density at radius 2 is 0.600 bits per heavy atom. The molecule has 0 heterocycles. The zero-order valence-electron chi connectivity index (χ0n) is 1.92. The Balaban J connectivity index is 0. The van der Waals surface area contributed by atoms with Gasteiger partial charge in [0.2, 0.25) is 0 Å². The van der Waals surface area contributed by atoms with Crippen LogP contribution in [0.25, 0.3) is 0 Å². The van der Waals surface area contributed by atoms with Gasteiger partial charge in [0.1, 0.15) is 0 Å². The number of rotatable bonds is 0. The largest absolute Gasteiger partial charge is 4.00 e. The van der Waals surface area contributed by atoms with Gasteiger partial charge < -0.3 is 16.4 Å². The molecule has 0 aliphatic heterocycles. The van der Waals surface area contributed by atoms with E-state index >= 15 is 0 Å². The fourth-order valence-corrected chi connectivity index (χ4v) is 0. The van der Waals surface area contributed by atoms with E-state index in [1.54, 1.807) is 0 Å². The third-order valence-corrected chi connectivity index (χ3v) is 0. The molecule has 0 amide bonds. The zero-order chi connectivity index (χ0) is 0. The van der Waals surface area contributed by atoms with E-state index < -0.39 is 0 Å². The third kappa shape index (κ3) is 41.0. The molecule has 0 fully saturated rings. The van der Waals surface area contributed by atoms with Crippen molar-refractivity contribution in [1.29, 1.82) is 0 Å². The molecule has 0 rings (SSSR count). The number of hydrogen-bond donors (Lipinski definition) is 0. The Bertz CT molecular complexity index is 6.85. The Hall–Kier alpha value is 1.09. The summed E-state index contributed by atoms with van der Waals surface area (Å²) in [7, 11) is 0. The van der Waals surface area contributed by atoms with Crippen molar-refractivity contribution >= 4 is 0 Å². The first-order chi connectivity index (χ1) is 0. The number of hydrogen-bond acceptors (Lipinski definition) is 0. The molecule has 0 saturated heterocycles. The van der Waals surface area contributed by atoms with Gasteiger partial charge in [-0.3, -0.25) is 0 Å². The van der Waals surface area contributed by atoms with Gasteiger partial charge in [-0.15, -0.1) is 0 Å². The first-order valence-corrected chi connectivity index (χ1v) is 0. The van der Waals surface area contributed by atoms with E-state index in [2.05, 4.69) is 0 Å². The van der Waals surface area contributed by atoms with Crippen LogP contribution in [0.2, 0.25) is 0 Å². The van der Waals surface area contributed by atoms with Crippen molar-refractivity contribution in [1.82, 2.24) is 0 Å². The fraction of sp³-hybridized carbons (Fsp3) is 0. The summed E-state index contributed by atoms with van der Waals surface area (Å²) in [6, 6.07) is 0. The van der Waals surface area contributed by atoms with E-state index in [1.165, 1.54) is 0 Å². The predicted octanol–water partition coefficient (Wildman–Crippen LogP) is -0.361. The molecule has 0 unspecified atom stereocenters. The van der Waals surface area contributed by atoms with Crippen LogP contribution in [0.4, 0.5) is 0 Å². The maximum atomic E-state index is 0. The molecule has 0 bridgehead atoms. The molecule has 0 aromatic carbocycles. The van der Waals surface area contributed by atoms with Crippen molar-refractivity contribution in [3.63, 3.8) is 0 Å². The van der Waals surface area contributed by atoms with Crippen LogP contribution in [-0.2, 0) is 54.6 Å². The van der Waals surface area contributed by atoms with E-state index in [4.69, 9.17) is 0 Å². The molecule has 1 radical (unpaired) electrons. The molecule has 3 nitrogen and oxygen atoms in total. The van der Waals surface area contributed by atoms with Crippen LogP contribution in [0.15, 0.2) is 0 Å². The van der Waals surface area contributed by atoms with Gasteiger partial charge in [0, 0.05) is 0 Å². The summed E-state index contributed by atoms with van der Waals surface area (Å²) in [5.74, 6) is 0. The van der Waals surface area contributed by atoms with Crippen LogP contribution in [0.3, 0.4) is 0 Å². The molecule has 0 spiro atoms. The Labute approximate surface area is 54.8 Å². The van der Waals surface area contributed by atoms with Gasteiger partial charge in [-0.05, 0) is 0 Å². The van der Waals surface area contributed by atoms with E-state index in [1.807, 2.05) is 0 Å². The normalized spacial score (nSPS) is 0. The first-order valence-electron chi connectivity index (χ1n) is 0. The molecular formula is MnO3Pt. The summed E-state index contributed by atoms with van der Waals surface area (Å²) < 4.78 is 0. The van der Waals surface area contributed by atoms with E-state index in [0.29, 0.717) is 0 Å². The summed E-state index contributed by atoms with van der Waals surface area (Å²) in [5.41, 5.74) is 0. The van der Waals surface area contributed by atoms with E-state index in [0.717, 1.165) is 0 Å². The Kier molecular flexibility index (Phi) is 1910. The van der Waals surface area contributed by atoms with Gasteiger partial charge in [0.15, 0.2) is 0 Å². The average Bonchev–Trinajstić information content (AvgIpc) is 0. The molecule has 0 saturated carbocycles. The van der Waals surface area contributed by atoms with Crippen molar-refractivity contribution in [3.05, 3.63) is 0 Å². The minimum Gasteiger partial charge on any atom is -2.00 e. The Morgan fingerprint density at radius 1 is 0.600 bits per heavy atom. The van der Waals surface area contributed by atoms with Crippen LogP contribution in [0, 0.1) is 0 Å². The van der Waals surface area contributed by atoms with Crippen molar-refractivity contribution in [2.24, 2.45) is 0 Å². The minimum absolute atomic E-state index is 0. The SMILES string of the molecule is [Mn+2].[O-2].[O-2].[O-2].[Pt+4]. The van der Waals surface area contributed by atoms with Crippen LogP contribution < -0.4 is 0 Å². The van der Waals surface area contributed by atoms with Crippen LogP contribution in [-0.4, -0.2) is 0 Å². The second kappa shape index (κ2) is 71.8. The van der Waals surface area contributed by atoms with Crippen LogP contribution >= 0.6 is 0 Å². The summed E-state index contributed by atoms with van der Waals surface area (Å²) >= 11 is 0. The molecule has 0 aliphatic rings. The predicted molar refractivity (Wildman–Crippen MR) is 2.06 cm³/mol. The third-order valence-electron chi connectivity index (χ3n) is 0. The molecule has 35 valence electrons. The van der Waals surface area contributed by atoms with Crippen molar-refractivity contribution in [3.8, 4) is 0 Å². The maximum Gasteiger partial charge on any atom is 4.00 e. The maximum absolute atomic E-state index is 0. The van der Waals surface area contributed by atoms with Gasteiger partial charge in [-0.25, -0.2) is 0 Å². The van der Waals surface area contributed by atoms with Gasteiger partial charge in [-0.1, -0.05) is 0 Å². The average molecular weight is 298 g/mol. The second-order valence-corrected chi connectivity index (χ2v) is 0. The zero-order valence-corrected chi connectivity index (χ0v) is 5.37. The molecule has 0 atom stereocenters. The van der Waals surface area contributed by atoms with Gasteiger partial charge in [0.25, 0.3) is 0 Å². The topological polar surface area (TPSA) is 85.5 Å². The second-order valence-electron chi connectivity index (χ2n) is 0. The van der Waals surface area contributed by atoms with Crippen LogP contribution in [0.1, 0.15) is 0 Å². The van der Waals surface area contributed by atoms with Crippen molar-refractivity contribution < 1.29 is 54.6 Å². The van der Waals surface area contributed by atoms with Gasteiger partial charge in [0.05, 0.1) is 0 Å². The van der Waals surface area contributed by atoms with Gasteiger partial charge in [-0.2, -0.15) is 0 Å². The van der Waals surface area contributed by atoms with E-state index in [-0.39, 0.29) is 54.6 Å². The Morgan fingerprint density at radius 3 is 0.600 bits per heavy atom. The van der Waals surface area contributed by atoms with Gasteiger partial charge >= 0.3 is 38.1 Å². The molecular weight excluding hydrogens is 298 g/mol. The quantitative estimate of drug-likeness (QED) is 0.547. The molecule has 0 aromatic rings. The summed E-state index contributed by atoms with van der Waals surface area (Å²) in [6.45, 7) is 0. The molecule has 0 aliphatic carbocycles. The smallest absolute Gasteiger partial charge is 2.00 e. The molecule has 0 N–H and O–H groups in total. The summed E-state index contributed by atoms with van der Waals surface area (Å²) in [6.07, 6.45) is 0. The van der Waals surface area contributed by atoms with Crippen LogP contribution in [0.5, 0.6) is 0 Å². The van der Waals surface area contributed by atoms with E-state index in [9.17, 15) is 0 Å². The minimum atomic E-state index is 0. The fourth-order valence-electron chi connectivity index (χ4n) is 0. The summed E-state index contributed by atoms with van der Waals surface area (Å²) in [5, 5.41) is 0. The molecule has 0 aromatic heterocycles. The monoisotopic (exact) mass is 298 g/mol. The van der Waals surface area contributed by atoms with Crippen molar-refractivity contribution in [2.75, 3.05) is 0 Å².